The minimum atomic E-state index is 0.430. The van der Waals surface area contributed by atoms with E-state index in [4.69, 9.17) is 4.98 Å². The van der Waals surface area contributed by atoms with Crippen LogP contribution in [0.4, 0.5) is 0 Å². The molecule has 2 fully saturated rings. The van der Waals surface area contributed by atoms with Crippen LogP contribution < -0.4 is 5.32 Å². The van der Waals surface area contributed by atoms with Gasteiger partial charge < -0.3 is 5.32 Å². The first kappa shape index (κ1) is 13.8. The summed E-state index contributed by atoms with van der Waals surface area (Å²) in [6.45, 7) is 7.49. The SMILES string of the molecule is CC12CCC(C1)C(C)(C)C2NC1CCCc2cccnc21. The second-order valence-corrected chi connectivity index (χ2v) is 8.51. The summed E-state index contributed by atoms with van der Waals surface area (Å²) in [5.41, 5.74) is 3.72. The Hall–Kier alpha value is -0.890. The summed E-state index contributed by atoms with van der Waals surface area (Å²) in [4.78, 5) is 4.71. The third-order valence-electron chi connectivity index (χ3n) is 6.83. The van der Waals surface area contributed by atoms with Gasteiger partial charge in [0.25, 0.3) is 0 Å². The third-order valence-corrected chi connectivity index (χ3v) is 6.83. The van der Waals surface area contributed by atoms with E-state index in [0.29, 0.717) is 22.9 Å². The van der Waals surface area contributed by atoms with Crippen LogP contribution in [0.25, 0.3) is 0 Å². The molecule has 1 N–H and O–H groups in total. The van der Waals surface area contributed by atoms with E-state index in [9.17, 15) is 0 Å². The maximum Gasteiger partial charge on any atom is 0.0605 e. The molecule has 0 aromatic carbocycles. The van der Waals surface area contributed by atoms with Crippen LogP contribution in [0.15, 0.2) is 18.3 Å². The standard InChI is InChI=1S/C19H28N2/c1-18(2)14-9-10-19(3,12-14)17(18)21-15-8-4-6-13-7-5-11-20-16(13)15/h5,7,11,14-15,17,21H,4,6,8-10,12H2,1-3H3. The van der Waals surface area contributed by atoms with Crippen LogP contribution in [-0.4, -0.2) is 11.0 Å². The number of aryl methyl sites for hydroxylation is 1. The van der Waals surface area contributed by atoms with Crippen molar-refractivity contribution in [3.8, 4) is 0 Å². The molecule has 0 aliphatic heterocycles. The van der Waals surface area contributed by atoms with Crippen LogP contribution >= 0.6 is 0 Å². The maximum absolute atomic E-state index is 4.71. The molecule has 4 unspecified atom stereocenters. The van der Waals surface area contributed by atoms with Gasteiger partial charge >= 0.3 is 0 Å². The van der Waals surface area contributed by atoms with E-state index < -0.39 is 0 Å². The van der Waals surface area contributed by atoms with Gasteiger partial charge in [0.1, 0.15) is 0 Å². The second-order valence-electron chi connectivity index (χ2n) is 8.51. The van der Waals surface area contributed by atoms with Gasteiger partial charge in [0.15, 0.2) is 0 Å². The number of nitrogens with one attached hydrogen (secondary N) is 1. The highest BCUT2D eigenvalue weighted by atomic mass is 15.0. The number of aromatic nitrogens is 1. The molecule has 2 nitrogen and oxygen atoms in total. The van der Waals surface area contributed by atoms with Crippen molar-refractivity contribution >= 4 is 0 Å². The number of pyridine rings is 1. The monoisotopic (exact) mass is 284 g/mol. The van der Waals surface area contributed by atoms with Crippen molar-refractivity contribution in [3.05, 3.63) is 29.6 Å². The predicted molar refractivity (Wildman–Crippen MR) is 86.1 cm³/mol. The van der Waals surface area contributed by atoms with E-state index in [-0.39, 0.29) is 0 Å². The van der Waals surface area contributed by atoms with Gasteiger partial charge in [0.2, 0.25) is 0 Å². The zero-order valence-electron chi connectivity index (χ0n) is 13.7. The first-order valence-electron chi connectivity index (χ1n) is 8.70. The second kappa shape index (κ2) is 4.55. The number of rotatable bonds is 2. The molecule has 0 amide bonds. The van der Waals surface area contributed by atoms with Crippen molar-refractivity contribution in [2.45, 2.75) is 71.4 Å². The van der Waals surface area contributed by atoms with Gasteiger partial charge in [-0.3, -0.25) is 4.98 Å². The van der Waals surface area contributed by atoms with Crippen LogP contribution in [0.1, 0.15) is 70.2 Å². The minimum Gasteiger partial charge on any atom is -0.305 e. The van der Waals surface area contributed by atoms with E-state index in [0.717, 1.165) is 5.92 Å². The molecule has 0 radical (unpaired) electrons. The molecule has 0 saturated heterocycles. The molecule has 3 aliphatic rings. The van der Waals surface area contributed by atoms with Gasteiger partial charge in [-0.1, -0.05) is 26.8 Å². The Morgan fingerprint density at radius 2 is 2.10 bits per heavy atom. The molecule has 1 aromatic heterocycles. The van der Waals surface area contributed by atoms with Crippen molar-refractivity contribution < 1.29 is 0 Å². The van der Waals surface area contributed by atoms with Crippen molar-refractivity contribution in [2.24, 2.45) is 16.7 Å². The summed E-state index contributed by atoms with van der Waals surface area (Å²) in [7, 11) is 0. The lowest BCUT2D eigenvalue weighted by Crippen LogP contribution is -2.51. The number of nitrogens with zero attached hydrogens (tertiary/aromatic N) is 1. The van der Waals surface area contributed by atoms with Crippen LogP contribution in [0.3, 0.4) is 0 Å². The molecule has 1 aromatic rings. The lowest BCUT2D eigenvalue weighted by atomic mass is 9.68. The molecule has 2 saturated carbocycles. The highest BCUT2D eigenvalue weighted by Gasteiger charge is 2.59. The lowest BCUT2D eigenvalue weighted by molar-refractivity contribution is 0.0951. The smallest absolute Gasteiger partial charge is 0.0605 e. The van der Waals surface area contributed by atoms with Gasteiger partial charge in [0, 0.05) is 12.2 Å². The quantitative estimate of drug-likeness (QED) is 0.877. The van der Waals surface area contributed by atoms with E-state index in [1.807, 2.05) is 6.20 Å². The van der Waals surface area contributed by atoms with Crippen molar-refractivity contribution in [1.82, 2.24) is 10.3 Å². The lowest BCUT2D eigenvalue weighted by Gasteiger charge is -2.45. The Balaban J connectivity index is 1.62. The molecular weight excluding hydrogens is 256 g/mol. The fourth-order valence-corrected chi connectivity index (χ4v) is 5.69. The normalized spacial score (nSPS) is 40.2. The molecule has 0 spiro atoms. The summed E-state index contributed by atoms with van der Waals surface area (Å²) in [6.07, 6.45) is 9.96. The largest absolute Gasteiger partial charge is 0.305 e. The van der Waals surface area contributed by atoms with Gasteiger partial charge in [-0.15, -0.1) is 0 Å². The van der Waals surface area contributed by atoms with Crippen molar-refractivity contribution in [3.63, 3.8) is 0 Å². The Morgan fingerprint density at radius 1 is 1.24 bits per heavy atom. The van der Waals surface area contributed by atoms with Crippen LogP contribution in [0, 0.1) is 16.7 Å². The van der Waals surface area contributed by atoms with E-state index in [1.54, 1.807) is 0 Å². The van der Waals surface area contributed by atoms with Crippen molar-refractivity contribution in [1.29, 1.82) is 0 Å². The average Bonchev–Trinajstić information content (AvgIpc) is 2.95. The fourth-order valence-electron chi connectivity index (χ4n) is 5.69. The average molecular weight is 284 g/mol. The van der Waals surface area contributed by atoms with Gasteiger partial charge in [-0.05, 0) is 66.9 Å². The highest BCUT2D eigenvalue weighted by Crippen LogP contribution is 2.62. The Labute approximate surface area is 128 Å². The molecule has 2 heteroatoms. The summed E-state index contributed by atoms with van der Waals surface area (Å²) < 4.78 is 0. The van der Waals surface area contributed by atoms with Crippen LogP contribution in [0.5, 0.6) is 0 Å². The van der Waals surface area contributed by atoms with Gasteiger partial charge in [-0.2, -0.15) is 0 Å². The zero-order valence-corrected chi connectivity index (χ0v) is 13.7. The van der Waals surface area contributed by atoms with Gasteiger partial charge in [-0.25, -0.2) is 0 Å². The zero-order chi connectivity index (χ0) is 14.7. The highest BCUT2D eigenvalue weighted by molar-refractivity contribution is 5.26. The molecular formula is C19H28N2. The Bertz CT molecular complexity index is 545. The fraction of sp³-hybridized carbons (Fsp3) is 0.737. The van der Waals surface area contributed by atoms with E-state index >= 15 is 0 Å². The number of hydrogen-bond donors (Lipinski definition) is 1. The predicted octanol–water partition coefficient (Wildman–Crippen LogP) is 4.26. The third kappa shape index (κ3) is 1.98. The summed E-state index contributed by atoms with van der Waals surface area (Å²) in [5, 5.41) is 4.07. The summed E-state index contributed by atoms with van der Waals surface area (Å²) in [6, 6.07) is 5.46. The molecule has 114 valence electrons. The van der Waals surface area contributed by atoms with Crippen molar-refractivity contribution in [2.75, 3.05) is 0 Å². The van der Waals surface area contributed by atoms with Crippen LogP contribution in [-0.2, 0) is 6.42 Å². The Morgan fingerprint density at radius 3 is 2.86 bits per heavy atom. The summed E-state index contributed by atoms with van der Waals surface area (Å²) >= 11 is 0. The maximum atomic E-state index is 4.71. The first-order valence-corrected chi connectivity index (χ1v) is 8.70. The summed E-state index contributed by atoms with van der Waals surface area (Å²) in [5.74, 6) is 0.909. The molecule has 4 atom stereocenters. The molecule has 1 heterocycles. The minimum absolute atomic E-state index is 0.430. The number of hydrogen-bond acceptors (Lipinski definition) is 2. The number of fused-ring (bicyclic) bond motifs is 3. The van der Waals surface area contributed by atoms with E-state index in [2.05, 4.69) is 38.2 Å². The van der Waals surface area contributed by atoms with E-state index in [1.165, 1.54) is 49.8 Å². The van der Waals surface area contributed by atoms with Gasteiger partial charge in [0.05, 0.1) is 11.7 Å². The Kier molecular flexibility index (Phi) is 2.98. The van der Waals surface area contributed by atoms with Crippen LogP contribution in [0.2, 0.25) is 0 Å². The molecule has 2 bridgehead atoms. The molecule has 4 rings (SSSR count). The topological polar surface area (TPSA) is 24.9 Å². The molecule has 21 heavy (non-hydrogen) atoms. The first-order chi connectivity index (χ1) is 10.0. The molecule has 3 aliphatic carbocycles.